The van der Waals surface area contributed by atoms with Gasteiger partial charge in [0.2, 0.25) is 15.9 Å². The Balaban J connectivity index is 0.000000219. The molecule has 4 aromatic carbocycles. The summed E-state index contributed by atoms with van der Waals surface area (Å²) in [7, 11) is -0.689. The zero-order chi connectivity index (χ0) is 41.3. The van der Waals surface area contributed by atoms with Crippen molar-refractivity contribution in [2.24, 2.45) is 0 Å². The Labute approximate surface area is 332 Å². The quantitative estimate of drug-likeness (QED) is 0.102. The van der Waals surface area contributed by atoms with E-state index in [-0.39, 0.29) is 17.3 Å². The number of hydroxylamine groups is 2. The number of hydrogen-bond donors (Lipinski definition) is 5. The smallest absolute Gasteiger partial charge is 0.265 e. The van der Waals surface area contributed by atoms with Gasteiger partial charge >= 0.3 is 0 Å². The van der Waals surface area contributed by atoms with Crippen LogP contribution in [0, 0.1) is 0 Å². The molecule has 0 radical (unpaired) electrons. The molecule has 0 aliphatic carbocycles. The van der Waals surface area contributed by atoms with Crippen LogP contribution >= 0.6 is 0 Å². The first-order chi connectivity index (χ1) is 27.3. The van der Waals surface area contributed by atoms with Gasteiger partial charge in [0.1, 0.15) is 29.3 Å². The molecule has 2 aliphatic rings. The normalized spacial score (nSPS) is 18.4. The molecule has 0 bridgehead atoms. The van der Waals surface area contributed by atoms with Crippen LogP contribution in [0.2, 0.25) is 0 Å². The van der Waals surface area contributed by atoms with Gasteiger partial charge in [-0.25, -0.2) is 19.4 Å². The van der Waals surface area contributed by atoms with Gasteiger partial charge in [0, 0.05) is 25.7 Å². The fraction of sp³-hybridized carbons (Fsp3) is 0.341. The minimum absolute atomic E-state index is 0.0599. The van der Waals surface area contributed by atoms with E-state index in [1.165, 1.54) is 23.4 Å². The van der Waals surface area contributed by atoms with Crippen LogP contribution in [-0.4, -0.2) is 91.7 Å². The summed E-state index contributed by atoms with van der Waals surface area (Å²) in [6.45, 7) is 6.18. The highest BCUT2D eigenvalue weighted by Crippen LogP contribution is 2.37. The van der Waals surface area contributed by atoms with Crippen molar-refractivity contribution >= 4 is 33.4 Å². The molecule has 1 saturated heterocycles. The third-order valence-corrected chi connectivity index (χ3v) is 12.4. The molecule has 0 aromatic heterocycles. The lowest BCUT2D eigenvalue weighted by Gasteiger charge is -2.27. The molecule has 0 saturated carbocycles. The molecule has 15 nitrogen and oxygen atoms in total. The number of anilines is 1. The highest BCUT2D eigenvalue weighted by Gasteiger charge is 2.46. The van der Waals surface area contributed by atoms with Crippen molar-refractivity contribution in [3.8, 4) is 17.2 Å². The van der Waals surface area contributed by atoms with Gasteiger partial charge in [-0.3, -0.25) is 24.8 Å². The number of likely N-dealkylation sites (tertiary alicyclic amines) is 1. The van der Waals surface area contributed by atoms with Crippen molar-refractivity contribution in [1.29, 1.82) is 0 Å². The summed E-state index contributed by atoms with van der Waals surface area (Å²) < 4.78 is 43.4. The van der Waals surface area contributed by atoms with Crippen molar-refractivity contribution in [3.63, 3.8) is 0 Å². The summed E-state index contributed by atoms with van der Waals surface area (Å²) in [6.07, 6.45) is 1.34. The van der Waals surface area contributed by atoms with Gasteiger partial charge in [0.25, 0.3) is 11.8 Å². The fourth-order valence-corrected chi connectivity index (χ4v) is 8.58. The zero-order valence-electron chi connectivity index (χ0n) is 32.5. The SMILES string of the molecule is COc1ccc(Cc2ccc([C@]3(C)CCN([C@H](C)C(=O)NO)C3=O)cc2)cc1OC.C[C@H](C(=O)NO)N1CCNc2cc(OCc3ccccc3)ccc2S1(=O)=O. The Morgan fingerprint density at radius 3 is 2.12 bits per heavy atom. The Kier molecular flexibility index (Phi) is 13.8. The van der Waals surface area contributed by atoms with E-state index in [0.29, 0.717) is 49.1 Å². The van der Waals surface area contributed by atoms with E-state index in [4.69, 9.17) is 24.6 Å². The lowest BCUT2D eigenvalue weighted by Crippen LogP contribution is -2.47. The summed E-state index contributed by atoms with van der Waals surface area (Å²) in [5.41, 5.74) is 6.99. The van der Waals surface area contributed by atoms with Gasteiger partial charge in [-0.05, 0) is 80.1 Å². The van der Waals surface area contributed by atoms with Crippen LogP contribution in [0.15, 0.2) is 95.9 Å². The number of benzene rings is 4. The van der Waals surface area contributed by atoms with Gasteiger partial charge in [-0.1, -0.05) is 60.7 Å². The minimum Gasteiger partial charge on any atom is -0.493 e. The van der Waals surface area contributed by atoms with Crippen molar-refractivity contribution in [2.75, 3.05) is 39.2 Å². The van der Waals surface area contributed by atoms with E-state index in [0.717, 1.165) is 33.0 Å². The summed E-state index contributed by atoms with van der Waals surface area (Å²) in [6, 6.07) is 26.4. The molecular weight excluding hydrogens is 755 g/mol. The second-order valence-electron chi connectivity index (χ2n) is 13.9. The number of nitrogens with one attached hydrogen (secondary N) is 3. The number of sulfonamides is 1. The molecule has 2 heterocycles. The van der Waals surface area contributed by atoms with Crippen LogP contribution in [-0.2, 0) is 42.8 Å². The highest BCUT2D eigenvalue weighted by molar-refractivity contribution is 7.89. The number of carbonyl (C=O) groups is 3. The van der Waals surface area contributed by atoms with Crippen molar-refractivity contribution in [2.45, 2.75) is 62.6 Å². The summed E-state index contributed by atoms with van der Waals surface area (Å²) >= 11 is 0. The Morgan fingerprint density at radius 2 is 1.47 bits per heavy atom. The summed E-state index contributed by atoms with van der Waals surface area (Å²) in [4.78, 5) is 38.0. The molecule has 3 atom stereocenters. The fourth-order valence-electron chi connectivity index (χ4n) is 6.83. The number of rotatable bonds is 12. The lowest BCUT2D eigenvalue weighted by molar-refractivity contribution is -0.143. The predicted molar refractivity (Wildman–Crippen MR) is 211 cm³/mol. The van der Waals surface area contributed by atoms with E-state index in [9.17, 15) is 22.8 Å². The monoisotopic (exact) mass is 803 g/mol. The number of carbonyl (C=O) groups excluding carboxylic acids is 3. The van der Waals surface area contributed by atoms with Crippen molar-refractivity contribution < 1.29 is 47.4 Å². The molecule has 2 aliphatic heterocycles. The molecule has 0 unspecified atom stereocenters. The molecular formula is C41H49N5O10S. The van der Waals surface area contributed by atoms with Gasteiger partial charge < -0.3 is 24.4 Å². The molecule has 4 aromatic rings. The molecule has 1 fully saturated rings. The summed E-state index contributed by atoms with van der Waals surface area (Å²) in [5, 5.41) is 20.7. The van der Waals surface area contributed by atoms with Crippen molar-refractivity contribution in [3.05, 3.63) is 113 Å². The maximum atomic E-state index is 13.0. The lowest BCUT2D eigenvalue weighted by atomic mass is 9.80. The van der Waals surface area contributed by atoms with Crippen LogP contribution < -0.4 is 30.5 Å². The number of fused-ring (bicyclic) bond motifs is 1. The molecule has 6 rings (SSSR count). The first-order valence-electron chi connectivity index (χ1n) is 18.3. The van der Waals surface area contributed by atoms with Gasteiger partial charge in [-0.15, -0.1) is 0 Å². The van der Waals surface area contributed by atoms with E-state index < -0.39 is 39.3 Å². The standard InChI is InChI=1S/C23H28N2O5.C18H21N3O5S/c1-15(21(26)24-28)25-12-11-23(2,22(25)27)18-8-5-16(6-9-18)13-17-7-10-19(29-3)20(14-17)30-4;1-13(18(22)20-23)21-10-9-19-16-11-15(7-8-17(16)27(21,24)25)26-12-14-5-3-2-4-6-14/h5-10,14-15,28H,11-13H2,1-4H3,(H,24,26);2-8,11,13,19,23H,9-10,12H2,1H3,(H,20,22)/t15-,23+;13-/m11/s1. The van der Waals surface area contributed by atoms with E-state index in [2.05, 4.69) is 5.32 Å². The second-order valence-corrected chi connectivity index (χ2v) is 15.8. The topological polar surface area (TPSA) is 196 Å². The molecule has 57 heavy (non-hydrogen) atoms. The molecule has 5 N–H and O–H groups in total. The highest BCUT2D eigenvalue weighted by atomic mass is 32.2. The molecule has 0 spiro atoms. The Bertz CT molecular complexity index is 2150. The number of amides is 3. The second kappa shape index (κ2) is 18.5. The van der Waals surface area contributed by atoms with Gasteiger partial charge in [0.15, 0.2) is 11.5 Å². The van der Waals surface area contributed by atoms with Crippen LogP contribution in [0.3, 0.4) is 0 Å². The van der Waals surface area contributed by atoms with Crippen molar-refractivity contribution in [1.82, 2.24) is 20.2 Å². The first-order valence-corrected chi connectivity index (χ1v) is 19.8. The largest absolute Gasteiger partial charge is 0.493 e. The van der Waals surface area contributed by atoms with Crippen LogP contribution in [0.4, 0.5) is 5.69 Å². The van der Waals surface area contributed by atoms with Gasteiger partial charge in [-0.2, -0.15) is 4.31 Å². The number of methoxy groups -OCH3 is 2. The minimum atomic E-state index is -3.91. The average molecular weight is 804 g/mol. The molecule has 16 heteroatoms. The first kappa shape index (κ1) is 42.5. The number of nitrogens with zero attached hydrogens (tertiary/aromatic N) is 2. The zero-order valence-corrected chi connectivity index (χ0v) is 33.3. The Morgan fingerprint density at radius 1 is 0.825 bits per heavy atom. The average Bonchev–Trinajstić information content (AvgIpc) is 3.47. The third kappa shape index (κ3) is 9.48. The summed E-state index contributed by atoms with van der Waals surface area (Å²) in [5.74, 6) is 0.443. The van der Waals surface area contributed by atoms with E-state index in [1.807, 2.05) is 79.7 Å². The van der Waals surface area contributed by atoms with E-state index >= 15 is 0 Å². The predicted octanol–water partition coefficient (Wildman–Crippen LogP) is 4.25. The number of hydrogen-bond acceptors (Lipinski definition) is 11. The molecule has 3 amide bonds. The van der Waals surface area contributed by atoms with Gasteiger partial charge in [0.05, 0.1) is 25.3 Å². The Hall–Kier alpha value is -5.68. The van der Waals surface area contributed by atoms with Crippen LogP contribution in [0.25, 0.3) is 0 Å². The van der Waals surface area contributed by atoms with Crippen LogP contribution in [0.1, 0.15) is 49.4 Å². The maximum Gasteiger partial charge on any atom is 0.265 e. The molecule has 304 valence electrons. The third-order valence-electron chi connectivity index (χ3n) is 10.3. The van der Waals surface area contributed by atoms with Crippen LogP contribution in [0.5, 0.6) is 17.2 Å². The van der Waals surface area contributed by atoms with E-state index in [1.54, 1.807) is 38.8 Å². The maximum absolute atomic E-state index is 13.0. The number of ether oxygens (including phenoxy) is 3.